The quantitative estimate of drug-likeness (QED) is 0.812. The molecule has 6 heteroatoms. The predicted molar refractivity (Wildman–Crippen MR) is 79.8 cm³/mol. The van der Waals surface area contributed by atoms with Crippen molar-refractivity contribution in [2.75, 3.05) is 5.88 Å². The molecule has 0 bridgehead atoms. The molecule has 0 saturated carbocycles. The van der Waals surface area contributed by atoms with Gasteiger partial charge >= 0.3 is 0 Å². The van der Waals surface area contributed by atoms with Crippen molar-refractivity contribution in [2.45, 2.75) is 0 Å². The van der Waals surface area contributed by atoms with Crippen LogP contribution in [0.5, 0.6) is 5.75 Å². The van der Waals surface area contributed by atoms with Crippen LogP contribution < -0.4 is 4.84 Å². The fraction of sp³-hybridized carbons (Fsp3) is 0.0667. The molecule has 0 radical (unpaired) electrons. The van der Waals surface area contributed by atoms with Crippen LogP contribution in [0.2, 0.25) is 0 Å². The molecule has 1 aliphatic rings. The molecule has 0 aromatic heterocycles. The molecule has 21 heavy (non-hydrogen) atoms. The molecule has 0 amide bonds. The smallest absolute Gasteiger partial charge is 0.249 e. The van der Waals surface area contributed by atoms with Crippen molar-refractivity contribution in [3.8, 4) is 22.9 Å². The third-order valence-electron chi connectivity index (χ3n) is 2.89. The van der Waals surface area contributed by atoms with Gasteiger partial charge in [-0.3, -0.25) is 0 Å². The third-order valence-corrected chi connectivity index (χ3v) is 3.55. The molecular formula is C15H10FN3OS. The van der Waals surface area contributed by atoms with Gasteiger partial charge in [-0.25, -0.2) is 4.39 Å². The molecule has 0 fully saturated rings. The largest absolute Gasteiger partial charge is 0.376 e. The molecule has 4 nitrogen and oxygen atoms in total. The van der Waals surface area contributed by atoms with Crippen molar-refractivity contribution in [1.82, 2.24) is 5.06 Å². The molecule has 0 aliphatic carbocycles. The van der Waals surface area contributed by atoms with Gasteiger partial charge in [-0.05, 0) is 23.8 Å². The highest BCUT2D eigenvalue weighted by molar-refractivity contribution is 7.98. The summed E-state index contributed by atoms with van der Waals surface area (Å²) in [6, 6.07) is 15.6. The molecule has 0 unspecified atom stereocenters. The van der Waals surface area contributed by atoms with Gasteiger partial charge in [0, 0.05) is 17.5 Å². The second-order valence-corrected chi connectivity index (χ2v) is 4.96. The van der Waals surface area contributed by atoms with Gasteiger partial charge in [0.05, 0.1) is 0 Å². The number of nitriles is 1. The summed E-state index contributed by atoms with van der Waals surface area (Å²) in [6.45, 7) is 0. The Hall–Kier alpha value is -2.52. The van der Waals surface area contributed by atoms with Crippen molar-refractivity contribution in [3.05, 3.63) is 54.3 Å². The van der Waals surface area contributed by atoms with Crippen molar-refractivity contribution in [1.29, 1.82) is 5.26 Å². The van der Waals surface area contributed by atoms with Gasteiger partial charge < -0.3 is 4.84 Å². The number of rotatable bonds is 3. The van der Waals surface area contributed by atoms with Crippen LogP contribution in [0.25, 0.3) is 11.1 Å². The first-order valence-electron chi connectivity index (χ1n) is 6.18. The Labute approximate surface area is 125 Å². The molecule has 2 aromatic rings. The van der Waals surface area contributed by atoms with Gasteiger partial charge in [-0.1, -0.05) is 30.3 Å². The molecule has 0 spiro atoms. The summed E-state index contributed by atoms with van der Waals surface area (Å²) in [6.07, 6.45) is 0. The van der Waals surface area contributed by atoms with Gasteiger partial charge in [-0.2, -0.15) is 14.7 Å². The van der Waals surface area contributed by atoms with E-state index in [9.17, 15) is 4.39 Å². The first-order valence-corrected chi connectivity index (χ1v) is 7.13. The number of nitrogens with zero attached hydrogens (tertiary/aromatic N) is 3. The minimum atomic E-state index is -0.307. The second kappa shape index (κ2) is 5.85. The van der Waals surface area contributed by atoms with E-state index in [4.69, 9.17) is 10.1 Å². The maximum absolute atomic E-state index is 13.4. The SMILES string of the molecule is N#CC1=NSCN1Oc1ccccc1-c1cccc(F)c1. The van der Waals surface area contributed by atoms with Gasteiger partial charge in [-0.15, -0.1) is 0 Å². The first kappa shape index (κ1) is 13.5. The molecule has 3 rings (SSSR count). The maximum atomic E-state index is 13.4. The average molecular weight is 299 g/mol. The molecule has 2 aromatic carbocycles. The van der Waals surface area contributed by atoms with Crippen molar-refractivity contribution >= 4 is 17.8 Å². The number of amidine groups is 1. The van der Waals surface area contributed by atoms with E-state index in [2.05, 4.69) is 4.40 Å². The number of hydrogen-bond acceptors (Lipinski definition) is 5. The van der Waals surface area contributed by atoms with E-state index in [1.807, 2.05) is 30.3 Å². The van der Waals surface area contributed by atoms with E-state index in [-0.39, 0.29) is 11.7 Å². The van der Waals surface area contributed by atoms with E-state index in [0.717, 1.165) is 5.56 Å². The molecule has 104 valence electrons. The number of halogens is 1. The second-order valence-electron chi connectivity index (χ2n) is 4.26. The number of para-hydroxylation sites is 1. The van der Waals surface area contributed by atoms with E-state index >= 15 is 0 Å². The highest BCUT2D eigenvalue weighted by Crippen LogP contribution is 2.31. The highest BCUT2D eigenvalue weighted by Gasteiger charge is 2.21. The van der Waals surface area contributed by atoms with Crippen LogP contribution >= 0.6 is 11.9 Å². The Morgan fingerprint density at radius 3 is 2.90 bits per heavy atom. The zero-order valence-electron chi connectivity index (χ0n) is 10.9. The summed E-state index contributed by atoms with van der Waals surface area (Å²) in [5, 5.41) is 10.4. The van der Waals surface area contributed by atoms with Gasteiger partial charge in [0.15, 0.2) is 5.75 Å². The van der Waals surface area contributed by atoms with Crippen LogP contribution in [0, 0.1) is 17.1 Å². The minimum absolute atomic E-state index is 0.217. The summed E-state index contributed by atoms with van der Waals surface area (Å²) in [4.78, 5) is 5.74. The Morgan fingerprint density at radius 2 is 2.10 bits per heavy atom. The van der Waals surface area contributed by atoms with Gasteiger partial charge in [0.2, 0.25) is 5.84 Å². The van der Waals surface area contributed by atoms with E-state index < -0.39 is 0 Å². The lowest BCUT2D eigenvalue weighted by Gasteiger charge is -2.18. The third kappa shape index (κ3) is 2.83. The standard InChI is InChI=1S/C15H10FN3OS/c16-12-5-3-4-11(8-12)13-6-1-2-7-14(13)20-19-10-21-18-15(19)9-17/h1-8H,10H2. The first-order chi connectivity index (χ1) is 10.3. The van der Waals surface area contributed by atoms with E-state index in [1.165, 1.54) is 29.1 Å². The summed E-state index contributed by atoms with van der Waals surface area (Å²) >= 11 is 1.24. The predicted octanol–water partition coefficient (Wildman–Crippen LogP) is 3.63. The number of hydrogen-bond donors (Lipinski definition) is 0. The Kier molecular flexibility index (Phi) is 3.75. The average Bonchev–Trinajstić information content (AvgIpc) is 2.95. The monoisotopic (exact) mass is 299 g/mol. The Morgan fingerprint density at radius 1 is 1.24 bits per heavy atom. The van der Waals surface area contributed by atoms with Crippen molar-refractivity contribution in [3.63, 3.8) is 0 Å². The molecular weight excluding hydrogens is 289 g/mol. The van der Waals surface area contributed by atoms with Crippen LogP contribution in [-0.2, 0) is 0 Å². The fourth-order valence-electron chi connectivity index (χ4n) is 1.95. The number of hydroxylamine groups is 2. The highest BCUT2D eigenvalue weighted by atomic mass is 32.2. The normalized spacial score (nSPS) is 13.7. The lowest BCUT2D eigenvalue weighted by molar-refractivity contribution is 0.0459. The van der Waals surface area contributed by atoms with Crippen LogP contribution in [0.3, 0.4) is 0 Å². The van der Waals surface area contributed by atoms with Gasteiger partial charge in [0.25, 0.3) is 0 Å². The molecule has 1 heterocycles. The summed E-state index contributed by atoms with van der Waals surface area (Å²) < 4.78 is 17.4. The van der Waals surface area contributed by atoms with Crippen LogP contribution in [0.15, 0.2) is 52.9 Å². The van der Waals surface area contributed by atoms with E-state index in [0.29, 0.717) is 17.2 Å². The summed E-state index contributed by atoms with van der Waals surface area (Å²) in [5.41, 5.74) is 1.47. The molecule has 0 atom stereocenters. The van der Waals surface area contributed by atoms with Crippen molar-refractivity contribution < 1.29 is 9.23 Å². The topological polar surface area (TPSA) is 48.6 Å². The van der Waals surface area contributed by atoms with Crippen molar-refractivity contribution in [2.24, 2.45) is 4.40 Å². The molecule has 1 aliphatic heterocycles. The van der Waals surface area contributed by atoms with Crippen LogP contribution in [-0.4, -0.2) is 16.8 Å². The lowest BCUT2D eigenvalue weighted by atomic mass is 10.0. The summed E-state index contributed by atoms with van der Waals surface area (Å²) in [5.74, 6) is 0.904. The molecule has 0 N–H and O–H groups in total. The zero-order chi connectivity index (χ0) is 14.7. The minimum Gasteiger partial charge on any atom is -0.376 e. The van der Waals surface area contributed by atoms with E-state index in [1.54, 1.807) is 12.1 Å². The van der Waals surface area contributed by atoms with Gasteiger partial charge in [0.1, 0.15) is 17.8 Å². The lowest BCUT2D eigenvalue weighted by Crippen LogP contribution is -2.29. The summed E-state index contributed by atoms with van der Waals surface area (Å²) in [7, 11) is 0. The maximum Gasteiger partial charge on any atom is 0.249 e. The molecule has 0 saturated heterocycles. The van der Waals surface area contributed by atoms with Crippen LogP contribution in [0.4, 0.5) is 4.39 Å². The fourth-order valence-corrected chi connectivity index (χ4v) is 2.55. The Bertz CT molecular complexity index is 742. The van der Waals surface area contributed by atoms with Crippen LogP contribution in [0.1, 0.15) is 0 Å². The Balaban J connectivity index is 1.94. The zero-order valence-corrected chi connectivity index (χ0v) is 11.7. The number of benzene rings is 2.